The fourth-order valence-corrected chi connectivity index (χ4v) is 4.72. The van der Waals surface area contributed by atoms with Crippen molar-refractivity contribution in [3.63, 3.8) is 0 Å². The highest BCUT2D eigenvalue weighted by Gasteiger charge is 2.22. The van der Waals surface area contributed by atoms with E-state index in [-0.39, 0.29) is 5.02 Å². The topological polar surface area (TPSA) is 33.1 Å². The Kier molecular flexibility index (Phi) is 5.62. The van der Waals surface area contributed by atoms with Crippen molar-refractivity contribution >= 4 is 28.6 Å². The van der Waals surface area contributed by atoms with Gasteiger partial charge in [0.15, 0.2) is 0 Å². The third kappa shape index (κ3) is 3.87. The molecule has 0 atom stereocenters. The largest absolute Gasteiger partial charge is 0.340 e. The minimum Gasteiger partial charge on any atom is -0.340 e. The average Bonchev–Trinajstić information content (AvgIpc) is 3.15. The van der Waals surface area contributed by atoms with Gasteiger partial charge in [-0.25, -0.2) is 9.37 Å². The van der Waals surface area contributed by atoms with E-state index in [1.54, 1.807) is 12.1 Å². The van der Waals surface area contributed by atoms with Crippen molar-refractivity contribution in [2.24, 2.45) is 0 Å². The van der Waals surface area contributed by atoms with Gasteiger partial charge in [-0.15, -0.1) is 0 Å². The summed E-state index contributed by atoms with van der Waals surface area (Å²) in [7, 11) is 0. The zero-order valence-corrected chi connectivity index (χ0v) is 19.1. The lowest BCUT2D eigenvalue weighted by Crippen LogP contribution is -2.44. The maximum absolute atomic E-state index is 13.8. The summed E-state index contributed by atoms with van der Waals surface area (Å²) in [4.78, 5) is 7.52. The molecule has 4 nitrogen and oxygen atoms in total. The van der Waals surface area contributed by atoms with E-state index in [2.05, 4.69) is 65.0 Å². The molecule has 164 valence electrons. The first-order chi connectivity index (χ1) is 15.5. The number of nitrogens with zero attached hydrogens (tertiary/aromatic N) is 3. The van der Waals surface area contributed by atoms with E-state index in [0.717, 1.165) is 54.3 Å². The van der Waals surface area contributed by atoms with Gasteiger partial charge in [-0.05, 0) is 60.4 Å². The maximum Gasteiger partial charge on any atom is 0.206 e. The zero-order chi connectivity index (χ0) is 22.2. The van der Waals surface area contributed by atoms with E-state index in [9.17, 15) is 4.39 Å². The van der Waals surface area contributed by atoms with Gasteiger partial charge in [0, 0.05) is 31.7 Å². The molecule has 1 aromatic heterocycles. The summed E-state index contributed by atoms with van der Waals surface area (Å²) >= 11 is 6.09. The number of rotatable bonds is 4. The van der Waals surface area contributed by atoms with Gasteiger partial charge < -0.3 is 14.8 Å². The molecule has 0 unspecified atom stereocenters. The predicted octanol–water partition coefficient (Wildman–Crippen LogP) is 5.57. The van der Waals surface area contributed by atoms with Gasteiger partial charge in [0.05, 0.1) is 22.6 Å². The van der Waals surface area contributed by atoms with Crippen LogP contribution < -0.4 is 10.2 Å². The number of fused-ring (bicyclic) bond motifs is 1. The summed E-state index contributed by atoms with van der Waals surface area (Å²) in [5, 5.41) is 3.56. The lowest BCUT2D eigenvalue weighted by Gasteiger charge is -2.29. The molecule has 0 bridgehead atoms. The van der Waals surface area contributed by atoms with Crippen molar-refractivity contribution < 1.29 is 4.39 Å². The second-order valence-corrected chi connectivity index (χ2v) is 8.89. The van der Waals surface area contributed by atoms with E-state index < -0.39 is 5.82 Å². The number of imidazole rings is 1. The summed E-state index contributed by atoms with van der Waals surface area (Å²) in [5.74, 6) is 0.549. The second kappa shape index (κ2) is 8.57. The number of benzene rings is 3. The predicted molar refractivity (Wildman–Crippen MR) is 130 cm³/mol. The molecule has 1 fully saturated rings. The first-order valence-electron chi connectivity index (χ1n) is 11.0. The zero-order valence-electron chi connectivity index (χ0n) is 18.3. The van der Waals surface area contributed by atoms with Crippen LogP contribution in [0.5, 0.6) is 0 Å². The molecule has 32 heavy (non-hydrogen) atoms. The second-order valence-electron chi connectivity index (χ2n) is 8.48. The summed E-state index contributed by atoms with van der Waals surface area (Å²) < 4.78 is 16.0. The molecule has 0 spiro atoms. The molecule has 4 aromatic rings. The molecule has 1 aliphatic rings. The quantitative estimate of drug-likeness (QED) is 0.443. The van der Waals surface area contributed by atoms with Crippen molar-refractivity contribution in [2.45, 2.75) is 20.4 Å². The number of hydrogen-bond donors (Lipinski definition) is 1. The number of nitrogens with one attached hydrogen (secondary N) is 1. The molecular weight excluding hydrogens is 423 g/mol. The van der Waals surface area contributed by atoms with Crippen molar-refractivity contribution in [2.75, 3.05) is 31.1 Å². The molecule has 3 aromatic carbocycles. The van der Waals surface area contributed by atoms with Crippen LogP contribution in [0.2, 0.25) is 5.02 Å². The van der Waals surface area contributed by atoms with Crippen LogP contribution >= 0.6 is 11.6 Å². The summed E-state index contributed by atoms with van der Waals surface area (Å²) in [5.41, 5.74) is 7.77. The van der Waals surface area contributed by atoms with Crippen LogP contribution in [0, 0.1) is 19.7 Å². The highest BCUT2D eigenvalue weighted by Crippen LogP contribution is 2.35. The standard InChI is InChI=1S/C26H26ClFN4/c1-17-13-21(20-6-4-3-5-18(20)2)25-24(14-17)32(16-19-7-8-23(28)22(27)15-19)26(30-25)31-11-9-29-10-12-31/h3-8,13-15,29H,9-12,16H2,1-2H3. The number of hydrogen-bond acceptors (Lipinski definition) is 3. The van der Waals surface area contributed by atoms with Crippen molar-refractivity contribution in [1.29, 1.82) is 0 Å². The van der Waals surface area contributed by atoms with Gasteiger partial charge >= 0.3 is 0 Å². The summed E-state index contributed by atoms with van der Waals surface area (Å²) in [6, 6.07) is 17.8. The van der Waals surface area contributed by atoms with Gasteiger partial charge in [-0.2, -0.15) is 0 Å². The summed E-state index contributed by atoms with van der Waals surface area (Å²) in [6.45, 7) is 8.48. The van der Waals surface area contributed by atoms with Crippen molar-refractivity contribution in [1.82, 2.24) is 14.9 Å². The Labute approximate surface area is 192 Å². The minimum absolute atomic E-state index is 0.146. The van der Waals surface area contributed by atoms with E-state index in [1.807, 2.05) is 0 Å². The van der Waals surface area contributed by atoms with Crippen molar-refractivity contribution in [3.8, 4) is 11.1 Å². The van der Waals surface area contributed by atoms with Gasteiger partial charge in [-0.1, -0.05) is 41.9 Å². The highest BCUT2D eigenvalue weighted by molar-refractivity contribution is 6.30. The summed E-state index contributed by atoms with van der Waals surface area (Å²) in [6.07, 6.45) is 0. The number of aryl methyl sites for hydroxylation is 2. The molecule has 2 heterocycles. The number of anilines is 1. The Hall–Kier alpha value is -2.89. The lowest BCUT2D eigenvalue weighted by atomic mass is 9.97. The Morgan fingerprint density at radius 1 is 1.00 bits per heavy atom. The normalized spacial score (nSPS) is 14.3. The number of aromatic nitrogens is 2. The Morgan fingerprint density at radius 3 is 2.53 bits per heavy atom. The molecule has 6 heteroatoms. The van der Waals surface area contributed by atoms with E-state index >= 15 is 0 Å². The Morgan fingerprint density at radius 2 is 1.78 bits per heavy atom. The molecular formula is C26H26ClFN4. The van der Waals surface area contributed by atoms with Gasteiger partial charge in [0.25, 0.3) is 0 Å². The monoisotopic (exact) mass is 448 g/mol. The smallest absolute Gasteiger partial charge is 0.206 e. The van der Waals surface area contributed by atoms with Gasteiger partial charge in [0.2, 0.25) is 5.95 Å². The number of piperazine rings is 1. The molecule has 0 aliphatic carbocycles. The average molecular weight is 449 g/mol. The van der Waals surface area contributed by atoms with Crippen LogP contribution in [0.4, 0.5) is 10.3 Å². The maximum atomic E-state index is 13.8. The molecule has 0 radical (unpaired) electrons. The van der Waals surface area contributed by atoms with Crippen LogP contribution in [0.15, 0.2) is 54.6 Å². The molecule has 5 rings (SSSR count). The van der Waals surface area contributed by atoms with E-state index in [1.165, 1.54) is 22.8 Å². The van der Waals surface area contributed by atoms with Crippen LogP contribution in [0.1, 0.15) is 16.7 Å². The SMILES string of the molecule is Cc1cc(-c2ccccc2C)c2nc(N3CCNCC3)n(Cc3ccc(F)c(Cl)c3)c2c1. The minimum atomic E-state index is -0.397. The van der Waals surface area contributed by atoms with Crippen LogP contribution in [0.3, 0.4) is 0 Å². The van der Waals surface area contributed by atoms with Crippen LogP contribution in [-0.4, -0.2) is 35.7 Å². The van der Waals surface area contributed by atoms with Crippen LogP contribution in [0.25, 0.3) is 22.2 Å². The first-order valence-corrected chi connectivity index (χ1v) is 11.4. The molecule has 0 amide bonds. The highest BCUT2D eigenvalue weighted by atomic mass is 35.5. The van der Waals surface area contributed by atoms with Gasteiger partial charge in [0.1, 0.15) is 5.82 Å². The third-order valence-electron chi connectivity index (χ3n) is 6.14. The van der Waals surface area contributed by atoms with E-state index in [4.69, 9.17) is 16.6 Å². The van der Waals surface area contributed by atoms with Crippen molar-refractivity contribution in [3.05, 3.63) is 82.1 Å². The lowest BCUT2D eigenvalue weighted by molar-refractivity contribution is 0.571. The fraction of sp³-hybridized carbons (Fsp3) is 0.269. The molecule has 1 saturated heterocycles. The van der Waals surface area contributed by atoms with E-state index in [0.29, 0.717) is 6.54 Å². The first kappa shape index (κ1) is 21.0. The van der Waals surface area contributed by atoms with Crippen LogP contribution in [-0.2, 0) is 6.54 Å². The molecule has 1 aliphatic heterocycles. The van der Waals surface area contributed by atoms with Gasteiger partial charge in [-0.3, -0.25) is 0 Å². The number of halogens is 2. The third-order valence-corrected chi connectivity index (χ3v) is 6.43. The molecule has 1 N–H and O–H groups in total. The fourth-order valence-electron chi connectivity index (χ4n) is 4.51. The Balaban J connectivity index is 1.72. The molecule has 0 saturated carbocycles. The Bertz CT molecular complexity index is 1290.